The lowest BCUT2D eigenvalue weighted by Gasteiger charge is -2.32. The summed E-state index contributed by atoms with van der Waals surface area (Å²) in [6, 6.07) is 1.35. The van der Waals surface area contributed by atoms with E-state index in [0.29, 0.717) is 27.6 Å². The number of aromatic nitrogens is 3. The molecule has 2 aromatic rings. The molecule has 1 atom stereocenters. The maximum Gasteiger partial charge on any atom is 0.263 e. The van der Waals surface area contributed by atoms with E-state index in [9.17, 15) is 14.4 Å². The van der Waals surface area contributed by atoms with Gasteiger partial charge in [-0.1, -0.05) is 25.4 Å². The van der Waals surface area contributed by atoms with Crippen LogP contribution in [0.5, 0.6) is 0 Å². The van der Waals surface area contributed by atoms with Gasteiger partial charge < -0.3 is 4.57 Å². The molecular formula is C15H14BrClN4O3. The number of hydrogen-bond donors (Lipinski definition) is 1. The highest BCUT2D eigenvalue weighted by Gasteiger charge is 2.31. The first-order chi connectivity index (χ1) is 11.3. The second-order valence-corrected chi connectivity index (χ2v) is 7.01. The molecule has 0 aromatic carbocycles. The zero-order valence-corrected chi connectivity index (χ0v) is 15.3. The Bertz CT molecular complexity index is 903. The number of hydrogen-bond acceptors (Lipinski definition) is 4. The first-order valence-corrected chi connectivity index (χ1v) is 8.45. The number of rotatable bonds is 3. The SMILES string of the molecule is CC(C)[C@@H]1Cn2nc(Br)c(Cl)c2-c2cc(=O)c(C(=O)NC=O)cn21. The highest BCUT2D eigenvalue weighted by molar-refractivity contribution is 9.10. The van der Waals surface area contributed by atoms with E-state index in [1.54, 1.807) is 4.68 Å². The normalized spacial score (nSPS) is 15.8. The monoisotopic (exact) mass is 412 g/mol. The van der Waals surface area contributed by atoms with Gasteiger partial charge in [-0.3, -0.25) is 24.4 Å². The molecule has 126 valence electrons. The van der Waals surface area contributed by atoms with Crippen molar-refractivity contribution in [1.29, 1.82) is 0 Å². The first kappa shape index (κ1) is 16.9. The number of nitrogens with zero attached hydrogens (tertiary/aromatic N) is 3. The van der Waals surface area contributed by atoms with Crippen LogP contribution >= 0.6 is 27.5 Å². The molecule has 0 radical (unpaired) electrons. The number of imide groups is 1. The van der Waals surface area contributed by atoms with E-state index in [1.165, 1.54) is 12.3 Å². The highest BCUT2D eigenvalue weighted by Crippen LogP contribution is 2.39. The molecule has 0 aliphatic carbocycles. The van der Waals surface area contributed by atoms with Gasteiger partial charge >= 0.3 is 0 Å². The van der Waals surface area contributed by atoms with Crippen molar-refractivity contribution < 1.29 is 9.59 Å². The van der Waals surface area contributed by atoms with Crippen molar-refractivity contribution >= 4 is 39.8 Å². The van der Waals surface area contributed by atoms with Crippen molar-refractivity contribution in [2.24, 2.45) is 5.92 Å². The van der Waals surface area contributed by atoms with Gasteiger partial charge in [0.15, 0.2) is 5.43 Å². The smallest absolute Gasteiger partial charge is 0.263 e. The number of carbonyl (C=O) groups excluding carboxylic acids is 2. The third kappa shape index (κ3) is 2.59. The zero-order valence-electron chi connectivity index (χ0n) is 12.9. The third-order valence-corrected chi connectivity index (χ3v) is 5.24. The Morgan fingerprint density at radius 2 is 2.25 bits per heavy atom. The van der Waals surface area contributed by atoms with Crippen molar-refractivity contribution in [1.82, 2.24) is 19.7 Å². The number of pyridine rings is 1. The van der Waals surface area contributed by atoms with Crippen molar-refractivity contribution in [3.63, 3.8) is 0 Å². The minimum absolute atomic E-state index is 0.0150. The molecule has 1 N–H and O–H groups in total. The van der Waals surface area contributed by atoms with Crippen molar-refractivity contribution in [3.05, 3.63) is 37.7 Å². The molecule has 9 heteroatoms. The molecule has 24 heavy (non-hydrogen) atoms. The van der Waals surface area contributed by atoms with E-state index < -0.39 is 11.3 Å². The van der Waals surface area contributed by atoms with Crippen LogP contribution in [0.3, 0.4) is 0 Å². The van der Waals surface area contributed by atoms with Gasteiger partial charge in [-0.2, -0.15) is 5.10 Å². The summed E-state index contributed by atoms with van der Waals surface area (Å²) >= 11 is 9.62. The molecular weight excluding hydrogens is 400 g/mol. The van der Waals surface area contributed by atoms with Crippen LogP contribution in [0.25, 0.3) is 11.4 Å². The van der Waals surface area contributed by atoms with Crippen molar-refractivity contribution in [2.45, 2.75) is 26.4 Å². The fourth-order valence-corrected chi connectivity index (χ4v) is 3.51. The molecule has 1 aliphatic heterocycles. The van der Waals surface area contributed by atoms with Crippen LogP contribution in [0.15, 0.2) is 21.7 Å². The van der Waals surface area contributed by atoms with Crippen molar-refractivity contribution in [3.8, 4) is 11.4 Å². The Hall–Kier alpha value is -1.93. The molecule has 3 heterocycles. The molecule has 0 spiro atoms. The van der Waals surface area contributed by atoms with Gasteiger partial charge in [0.25, 0.3) is 5.91 Å². The van der Waals surface area contributed by atoms with E-state index in [2.05, 4.69) is 21.0 Å². The lowest BCUT2D eigenvalue weighted by molar-refractivity contribution is -0.108. The lowest BCUT2D eigenvalue weighted by Crippen LogP contribution is -2.33. The molecule has 3 rings (SSSR count). The molecule has 0 bridgehead atoms. The Morgan fingerprint density at radius 1 is 1.54 bits per heavy atom. The van der Waals surface area contributed by atoms with Gasteiger partial charge in [-0.15, -0.1) is 0 Å². The quantitative estimate of drug-likeness (QED) is 0.782. The highest BCUT2D eigenvalue weighted by atomic mass is 79.9. The molecule has 0 saturated heterocycles. The number of amides is 2. The second kappa shape index (κ2) is 6.18. The number of carbonyl (C=O) groups is 2. The average Bonchev–Trinajstić information content (AvgIpc) is 2.80. The summed E-state index contributed by atoms with van der Waals surface area (Å²) < 4.78 is 4.13. The van der Waals surface area contributed by atoms with Crippen LogP contribution in [-0.2, 0) is 11.3 Å². The van der Waals surface area contributed by atoms with E-state index in [4.69, 9.17) is 11.6 Å². The number of halogens is 2. The second-order valence-electron chi connectivity index (χ2n) is 5.88. The summed E-state index contributed by atoms with van der Waals surface area (Å²) in [5.74, 6) is -0.498. The van der Waals surface area contributed by atoms with Crippen LogP contribution in [0.2, 0.25) is 5.02 Å². The van der Waals surface area contributed by atoms with E-state index in [-0.39, 0.29) is 23.9 Å². The minimum Gasteiger partial charge on any atom is -0.340 e. The Labute approximate surface area is 150 Å². The predicted molar refractivity (Wildman–Crippen MR) is 92.0 cm³/mol. The summed E-state index contributed by atoms with van der Waals surface area (Å²) in [5, 5.41) is 6.78. The molecule has 0 saturated carbocycles. The largest absolute Gasteiger partial charge is 0.340 e. The summed E-state index contributed by atoms with van der Waals surface area (Å²) in [7, 11) is 0. The fraction of sp³-hybridized carbons (Fsp3) is 0.333. The number of nitrogens with one attached hydrogen (secondary N) is 1. The van der Waals surface area contributed by atoms with Crippen LogP contribution in [0, 0.1) is 5.92 Å². The third-order valence-electron chi connectivity index (χ3n) is 4.10. The van der Waals surface area contributed by atoms with E-state index in [1.807, 2.05) is 23.7 Å². The Morgan fingerprint density at radius 3 is 2.88 bits per heavy atom. The average molecular weight is 414 g/mol. The lowest BCUT2D eigenvalue weighted by atomic mass is 10.00. The first-order valence-electron chi connectivity index (χ1n) is 7.28. The molecule has 7 nitrogen and oxygen atoms in total. The van der Waals surface area contributed by atoms with Crippen molar-refractivity contribution in [2.75, 3.05) is 0 Å². The summed E-state index contributed by atoms with van der Waals surface area (Å²) in [6.07, 6.45) is 1.75. The Balaban J connectivity index is 2.27. The molecule has 2 aromatic heterocycles. The Kier molecular flexibility index (Phi) is 4.35. The van der Waals surface area contributed by atoms with Crippen LogP contribution in [0.4, 0.5) is 0 Å². The maximum atomic E-state index is 12.3. The zero-order chi connectivity index (χ0) is 17.6. The topological polar surface area (TPSA) is 86.0 Å². The summed E-state index contributed by atoms with van der Waals surface area (Å²) in [4.78, 5) is 34.8. The maximum absolute atomic E-state index is 12.3. The fourth-order valence-electron chi connectivity index (χ4n) is 2.90. The number of fused-ring (bicyclic) bond motifs is 3. The van der Waals surface area contributed by atoms with Crippen LogP contribution in [0.1, 0.15) is 30.2 Å². The van der Waals surface area contributed by atoms with Gasteiger partial charge in [-0.25, -0.2) is 0 Å². The predicted octanol–water partition coefficient (Wildman–Crippen LogP) is 2.22. The van der Waals surface area contributed by atoms with E-state index in [0.717, 1.165) is 0 Å². The summed E-state index contributed by atoms with van der Waals surface area (Å²) in [5.41, 5.74) is 0.653. The van der Waals surface area contributed by atoms with E-state index >= 15 is 0 Å². The summed E-state index contributed by atoms with van der Waals surface area (Å²) in [6.45, 7) is 4.65. The minimum atomic E-state index is -0.723. The van der Waals surface area contributed by atoms with Gasteiger partial charge in [0.1, 0.15) is 20.9 Å². The molecule has 2 amide bonds. The standard InChI is InChI=1S/C15H14BrClN4O3/c1-7(2)10-5-21-13(12(17)14(16)19-21)9-3-11(23)8(4-20(9)10)15(24)18-6-22/h3-4,6-7,10H,5H2,1-2H3,(H,18,22,24)/t10-/m0/s1. The van der Waals surface area contributed by atoms with Crippen LogP contribution in [-0.4, -0.2) is 26.7 Å². The van der Waals surface area contributed by atoms with Gasteiger partial charge in [0, 0.05) is 12.3 Å². The van der Waals surface area contributed by atoms with Crippen LogP contribution < -0.4 is 10.7 Å². The molecule has 1 aliphatic rings. The molecule has 0 fully saturated rings. The molecule has 0 unspecified atom stereocenters. The van der Waals surface area contributed by atoms with Gasteiger partial charge in [0.05, 0.1) is 18.3 Å². The van der Waals surface area contributed by atoms with Gasteiger partial charge in [0.2, 0.25) is 6.41 Å². The van der Waals surface area contributed by atoms with Gasteiger partial charge in [-0.05, 0) is 21.8 Å².